The molecule has 4 nitrogen and oxygen atoms in total. The zero-order valence-electron chi connectivity index (χ0n) is 21.4. The largest absolute Gasteiger partial charge is 0.355 e. The van der Waals surface area contributed by atoms with Gasteiger partial charge in [-0.05, 0) is 107 Å². The van der Waals surface area contributed by atoms with E-state index < -0.39 is 0 Å². The second-order valence-electron chi connectivity index (χ2n) is 9.02. The third-order valence-corrected chi connectivity index (χ3v) is 9.11. The fraction of sp³-hybridized carbons (Fsp3) is 0. The van der Waals surface area contributed by atoms with Gasteiger partial charge in [-0.3, -0.25) is 0 Å². The Morgan fingerprint density at radius 3 is 1.50 bits per heavy atom. The zero-order valence-corrected chi connectivity index (χ0v) is 26.8. The molecule has 0 radical (unpaired) electrons. The first-order valence-corrected chi connectivity index (χ1v) is 15.1. The van der Waals surface area contributed by atoms with Crippen LogP contribution in [0.1, 0.15) is 22.8 Å². The normalized spacial score (nSPS) is 11.6. The van der Waals surface area contributed by atoms with E-state index in [4.69, 9.17) is 0 Å². The number of nitrogens with zero attached hydrogens (tertiary/aromatic N) is 2. The van der Waals surface area contributed by atoms with Gasteiger partial charge in [-0.1, -0.05) is 12.1 Å². The summed E-state index contributed by atoms with van der Waals surface area (Å²) in [6, 6.07) is 27.2. The number of hydrogen-bond acceptors (Lipinski definition) is 5. The van der Waals surface area contributed by atoms with E-state index in [1.165, 1.54) is 20.2 Å². The number of H-pyrrole nitrogens is 2. The van der Waals surface area contributed by atoms with Gasteiger partial charge in [0, 0.05) is 56.9 Å². The van der Waals surface area contributed by atoms with Gasteiger partial charge in [0.25, 0.3) is 0 Å². The van der Waals surface area contributed by atoms with Crippen LogP contribution in [0.2, 0.25) is 0 Å². The molecule has 0 atom stereocenters. The minimum Gasteiger partial charge on any atom is -0.355 e. The van der Waals surface area contributed by atoms with Crippen LogP contribution in [0, 0.1) is 0 Å². The van der Waals surface area contributed by atoms with Gasteiger partial charge in [0.1, 0.15) is 0 Å². The first-order chi connectivity index (χ1) is 19.2. The Hall–Kier alpha value is -3.68. The average Bonchev–Trinajstić information content (AvgIpc) is 3.77. The van der Waals surface area contributed by atoms with E-state index in [-0.39, 0.29) is 19.5 Å². The minimum atomic E-state index is 0. The predicted molar refractivity (Wildman–Crippen MR) is 170 cm³/mol. The molecule has 8 heteroatoms. The van der Waals surface area contributed by atoms with Gasteiger partial charge in [0.05, 0.1) is 27.7 Å². The maximum absolute atomic E-state index is 4.62. The fourth-order valence-electron chi connectivity index (χ4n) is 4.48. The van der Waals surface area contributed by atoms with E-state index in [1.807, 2.05) is 65.2 Å². The molecular formula is C32H22N4S3Zn. The summed E-state index contributed by atoms with van der Waals surface area (Å²) in [4.78, 5) is 20.1. The summed E-state index contributed by atoms with van der Waals surface area (Å²) in [6.07, 6.45) is 8.05. The van der Waals surface area contributed by atoms with Crippen LogP contribution < -0.4 is 0 Å². The van der Waals surface area contributed by atoms with Gasteiger partial charge in [0.15, 0.2) is 0 Å². The molecule has 0 unspecified atom stereocenters. The molecule has 0 aliphatic carbocycles. The minimum absolute atomic E-state index is 0. The summed E-state index contributed by atoms with van der Waals surface area (Å²) in [5, 5.41) is 6.43. The van der Waals surface area contributed by atoms with Crippen molar-refractivity contribution in [1.29, 1.82) is 0 Å². The van der Waals surface area contributed by atoms with Gasteiger partial charge in [-0.2, -0.15) is 0 Å². The predicted octanol–water partition coefficient (Wildman–Crippen LogP) is 9.86. The Bertz CT molecular complexity index is 1840. The van der Waals surface area contributed by atoms with Crippen LogP contribution in [0.3, 0.4) is 0 Å². The molecule has 0 spiro atoms. The Morgan fingerprint density at radius 2 is 0.975 bits per heavy atom. The van der Waals surface area contributed by atoms with Crippen LogP contribution in [-0.2, 0) is 19.5 Å². The van der Waals surface area contributed by atoms with Crippen molar-refractivity contribution in [1.82, 2.24) is 19.9 Å². The molecule has 0 fully saturated rings. The summed E-state index contributed by atoms with van der Waals surface area (Å²) in [5.74, 6) is 0. The van der Waals surface area contributed by atoms with Gasteiger partial charge < -0.3 is 9.97 Å². The Labute approximate surface area is 256 Å². The quantitative estimate of drug-likeness (QED) is 0.188. The number of fused-ring (bicyclic) bond motifs is 8. The number of hydrogen-bond donors (Lipinski definition) is 2. The molecule has 2 aliphatic heterocycles. The van der Waals surface area contributed by atoms with Gasteiger partial charge in [0.2, 0.25) is 0 Å². The van der Waals surface area contributed by atoms with Gasteiger partial charge >= 0.3 is 0 Å². The van der Waals surface area contributed by atoms with Crippen molar-refractivity contribution >= 4 is 80.4 Å². The van der Waals surface area contributed by atoms with Crippen molar-refractivity contribution in [3.63, 3.8) is 0 Å². The topological polar surface area (TPSA) is 57.4 Å². The van der Waals surface area contributed by atoms with Crippen LogP contribution in [0.15, 0.2) is 95.0 Å². The smallest absolute Gasteiger partial charge is 0.0659 e. The van der Waals surface area contributed by atoms with Crippen LogP contribution in [-0.4, -0.2) is 19.9 Å². The molecule has 6 aromatic rings. The standard InChI is InChI=1S/C20H14N4.C12H8S3.Zn/c1-2-14-10-16-5-6-18(23-16)12-20-8-7-19(24-20)11-17-4-3-15(22-17)9-13(1)21-14;1-3-10(13-6-1)9-5-8-15-12(9)11-4-2-7-14-11;/h1-12,21-22H;1-8H;. The van der Waals surface area contributed by atoms with Crippen molar-refractivity contribution in [3.8, 4) is 20.2 Å². The molecule has 8 rings (SSSR count). The maximum atomic E-state index is 4.62. The second kappa shape index (κ2) is 11.8. The van der Waals surface area contributed by atoms with Crippen LogP contribution in [0.5, 0.6) is 0 Å². The monoisotopic (exact) mass is 622 g/mol. The van der Waals surface area contributed by atoms with Crippen LogP contribution >= 0.6 is 34.0 Å². The van der Waals surface area contributed by atoms with Crippen molar-refractivity contribution in [2.75, 3.05) is 0 Å². The van der Waals surface area contributed by atoms with E-state index >= 15 is 0 Å². The molecule has 190 valence electrons. The van der Waals surface area contributed by atoms with Gasteiger partial charge in [-0.15, -0.1) is 34.0 Å². The molecule has 0 aromatic carbocycles. The van der Waals surface area contributed by atoms with E-state index in [1.54, 1.807) is 11.3 Å². The maximum Gasteiger partial charge on any atom is 0.0659 e. The molecule has 0 amide bonds. The van der Waals surface area contributed by atoms with E-state index in [0.29, 0.717) is 0 Å². The molecule has 8 heterocycles. The molecule has 40 heavy (non-hydrogen) atoms. The molecule has 6 aromatic heterocycles. The summed E-state index contributed by atoms with van der Waals surface area (Å²) in [7, 11) is 0. The van der Waals surface area contributed by atoms with Crippen molar-refractivity contribution in [2.24, 2.45) is 0 Å². The molecular weight excluding hydrogens is 602 g/mol. The van der Waals surface area contributed by atoms with Crippen LogP contribution in [0.25, 0.3) is 66.6 Å². The van der Waals surface area contributed by atoms with Crippen molar-refractivity contribution < 1.29 is 19.5 Å². The number of nitrogens with one attached hydrogen (secondary N) is 2. The average molecular weight is 624 g/mol. The third-order valence-electron chi connectivity index (χ3n) is 6.24. The Morgan fingerprint density at radius 1 is 0.475 bits per heavy atom. The molecule has 0 saturated carbocycles. The number of aromatic nitrogens is 4. The molecule has 2 N–H and O–H groups in total. The number of thiophene rings is 3. The first-order valence-electron chi connectivity index (χ1n) is 12.4. The summed E-state index contributed by atoms with van der Waals surface area (Å²) < 4.78 is 0. The van der Waals surface area contributed by atoms with E-state index in [0.717, 1.165) is 44.8 Å². The second-order valence-corrected chi connectivity index (χ2v) is 11.8. The van der Waals surface area contributed by atoms with Gasteiger partial charge in [-0.25, -0.2) is 9.97 Å². The third kappa shape index (κ3) is 5.91. The van der Waals surface area contributed by atoms with E-state index in [9.17, 15) is 0 Å². The SMILES string of the molecule is C1=Cc2cc3ccc(cc4ccc(cc5nc(cc1n2)C=C5)[nH]4)[nH]3.[Zn].c1csc(-c2ccsc2-c2cccs2)c1. The van der Waals surface area contributed by atoms with E-state index in [2.05, 4.69) is 96.7 Å². The van der Waals surface area contributed by atoms with Crippen molar-refractivity contribution in [3.05, 3.63) is 118 Å². The molecule has 0 saturated heterocycles. The number of rotatable bonds is 2. The first kappa shape index (κ1) is 26.5. The van der Waals surface area contributed by atoms with Crippen LogP contribution in [0.4, 0.5) is 0 Å². The number of aromatic amines is 2. The Kier molecular flexibility index (Phi) is 7.85. The summed E-state index contributed by atoms with van der Waals surface area (Å²) in [6.45, 7) is 0. The summed E-state index contributed by atoms with van der Waals surface area (Å²) in [5.41, 5.74) is 9.23. The fourth-order valence-corrected chi connectivity index (χ4v) is 7.10. The Balaban J connectivity index is 0.000000156. The van der Waals surface area contributed by atoms with Crippen molar-refractivity contribution in [2.45, 2.75) is 0 Å². The molecule has 2 aliphatic rings. The summed E-state index contributed by atoms with van der Waals surface area (Å²) >= 11 is 5.43. The molecule has 8 bridgehead atoms. The zero-order chi connectivity index (χ0) is 26.0.